The molecule has 1 heterocycles. The lowest BCUT2D eigenvalue weighted by atomic mass is 10.1. The maximum absolute atomic E-state index is 11.2. The molecule has 1 aromatic heterocycles. The third-order valence-corrected chi connectivity index (χ3v) is 5.48. The molecule has 5 aromatic rings. The van der Waals surface area contributed by atoms with Crippen LogP contribution in [0.2, 0.25) is 0 Å². The summed E-state index contributed by atoms with van der Waals surface area (Å²) in [6.07, 6.45) is 0. The van der Waals surface area contributed by atoms with E-state index in [9.17, 15) is 9.59 Å². The van der Waals surface area contributed by atoms with Gasteiger partial charge in [0.15, 0.2) is 0 Å². The van der Waals surface area contributed by atoms with E-state index in [2.05, 4.69) is 4.98 Å². The molecule has 0 aliphatic carbocycles. The molecule has 0 amide bonds. The quantitative estimate of drug-likeness (QED) is 0.288. The van der Waals surface area contributed by atoms with Gasteiger partial charge < -0.3 is 19.7 Å². The van der Waals surface area contributed by atoms with Crippen molar-refractivity contribution in [1.82, 2.24) is 4.98 Å². The van der Waals surface area contributed by atoms with Crippen LogP contribution in [0.25, 0.3) is 21.5 Å². The zero-order chi connectivity index (χ0) is 24.5. The summed E-state index contributed by atoms with van der Waals surface area (Å²) < 4.78 is 11.9. The Kier molecular flexibility index (Phi) is 5.51. The number of aromatic nitrogens is 1. The van der Waals surface area contributed by atoms with Crippen LogP contribution in [0.4, 0.5) is 0 Å². The van der Waals surface area contributed by atoms with Crippen LogP contribution in [0.5, 0.6) is 23.3 Å². The van der Waals surface area contributed by atoms with Crippen LogP contribution in [0.1, 0.15) is 26.3 Å². The normalized spacial score (nSPS) is 10.9. The minimum Gasteiger partial charge on any atom is -0.478 e. The van der Waals surface area contributed by atoms with E-state index in [0.29, 0.717) is 23.3 Å². The van der Waals surface area contributed by atoms with Gasteiger partial charge in [-0.2, -0.15) is 4.98 Å². The lowest BCUT2D eigenvalue weighted by Gasteiger charge is -2.11. The summed E-state index contributed by atoms with van der Waals surface area (Å²) in [5.41, 5.74) is 1.34. The number of nitrogens with zero attached hydrogens (tertiary/aromatic N) is 1. The summed E-state index contributed by atoms with van der Waals surface area (Å²) in [6, 6.07) is 24.2. The largest absolute Gasteiger partial charge is 0.478 e. The molecule has 172 valence electrons. The average Bonchev–Trinajstić information content (AvgIpc) is 2.83. The van der Waals surface area contributed by atoms with Crippen molar-refractivity contribution < 1.29 is 29.3 Å². The van der Waals surface area contributed by atoms with Gasteiger partial charge in [-0.25, -0.2) is 9.59 Å². The molecule has 0 saturated carbocycles. The summed E-state index contributed by atoms with van der Waals surface area (Å²) in [4.78, 5) is 26.8. The molecule has 0 radical (unpaired) electrons. The number of benzene rings is 4. The number of ether oxygens (including phenoxy) is 2. The van der Waals surface area contributed by atoms with Gasteiger partial charge in [-0.15, -0.1) is 0 Å². The van der Waals surface area contributed by atoms with Gasteiger partial charge in [-0.1, -0.05) is 24.3 Å². The minimum absolute atomic E-state index is 0.226. The number of pyridine rings is 1. The Morgan fingerprint density at radius 3 is 1.43 bits per heavy atom. The van der Waals surface area contributed by atoms with Gasteiger partial charge >= 0.3 is 11.9 Å². The summed E-state index contributed by atoms with van der Waals surface area (Å²) in [5.74, 6) is -0.115. The minimum atomic E-state index is -0.972. The maximum atomic E-state index is 11.2. The molecule has 5 rings (SSSR count). The number of fused-ring (bicyclic) bond motifs is 2. The fourth-order valence-corrected chi connectivity index (χ4v) is 3.79. The Hall–Kier alpha value is -4.91. The maximum Gasteiger partial charge on any atom is 0.335 e. The summed E-state index contributed by atoms with van der Waals surface area (Å²) in [6.45, 7) is 1.91. The van der Waals surface area contributed by atoms with Crippen LogP contribution in [0, 0.1) is 6.92 Å². The SMILES string of the molecule is Cc1cc(Oc2ccc3cc(C(=O)O)ccc3c2)nc(Oc2ccc3cc(C(=O)O)ccc3c2)c1. The van der Waals surface area contributed by atoms with Crippen molar-refractivity contribution in [3.63, 3.8) is 0 Å². The van der Waals surface area contributed by atoms with E-state index in [0.717, 1.165) is 27.1 Å². The first kappa shape index (κ1) is 21.9. The van der Waals surface area contributed by atoms with E-state index in [-0.39, 0.29) is 11.1 Å². The highest BCUT2D eigenvalue weighted by atomic mass is 16.5. The Bertz CT molecular complexity index is 1510. The fourth-order valence-electron chi connectivity index (χ4n) is 3.79. The van der Waals surface area contributed by atoms with Crippen LogP contribution in [0.15, 0.2) is 84.9 Å². The Balaban J connectivity index is 1.38. The first-order valence-corrected chi connectivity index (χ1v) is 10.7. The first-order chi connectivity index (χ1) is 16.8. The molecule has 0 fully saturated rings. The highest BCUT2D eigenvalue weighted by Crippen LogP contribution is 2.30. The van der Waals surface area contributed by atoms with Crippen molar-refractivity contribution in [1.29, 1.82) is 0 Å². The highest BCUT2D eigenvalue weighted by Gasteiger charge is 2.09. The third kappa shape index (κ3) is 4.74. The zero-order valence-electron chi connectivity index (χ0n) is 18.6. The van der Waals surface area contributed by atoms with Gasteiger partial charge in [-0.3, -0.25) is 0 Å². The standard InChI is InChI=1S/C28H19NO6/c1-16-10-25(34-23-8-6-17-12-21(27(30)31)4-2-19(17)14-23)29-26(11-16)35-24-9-7-18-13-22(28(32)33)5-3-20(18)15-24/h2-15H,1H3,(H,30,31)(H,32,33). The molecule has 4 aromatic carbocycles. The molecule has 7 nitrogen and oxygen atoms in total. The lowest BCUT2D eigenvalue weighted by molar-refractivity contribution is 0.0686. The van der Waals surface area contributed by atoms with E-state index < -0.39 is 11.9 Å². The van der Waals surface area contributed by atoms with Crippen LogP contribution < -0.4 is 9.47 Å². The van der Waals surface area contributed by atoms with Gasteiger partial charge in [0.1, 0.15) is 11.5 Å². The number of rotatable bonds is 6. The number of carboxylic acids is 2. The van der Waals surface area contributed by atoms with Crippen LogP contribution in [0.3, 0.4) is 0 Å². The molecule has 0 aliphatic heterocycles. The van der Waals surface area contributed by atoms with Crippen molar-refractivity contribution in [2.24, 2.45) is 0 Å². The predicted molar refractivity (Wildman–Crippen MR) is 131 cm³/mol. The number of aryl methyl sites for hydroxylation is 1. The molecule has 35 heavy (non-hydrogen) atoms. The Morgan fingerprint density at radius 1 is 0.600 bits per heavy atom. The summed E-state index contributed by atoms with van der Waals surface area (Å²) >= 11 is 0. The molecule has 0 saturated heterocycles. The topological polar surface area (TPSA) is 106 Å². The summed E-state index contributed by atoms with van der Waals surface area (Å²) in [7, 11) is 0. The van der Waals surface area contributed by atoms with E-state index >= 15 is 0 Å². The van der Waals surface area contributed by atoms with Crippen LogP contribution in [-0.4, -0.2) is 27.1 Å². The zero-order valence-corrected chi connectivity index (χ0v) is 18.6. The monoisotopic (exact) mass is 465 g/mol. The molecule has 0 bridgehead atoms. The number of carbonyl (C=O) groups is 2. The fraction of sp³-hybridized carbons (Fsp3) is 0.0357. The highest BCUT2D eigenvalue weighted by molar-refractivity contribution is 5.95. The molecular formula is C28H19NO6. The van der Waals surface area contributed by atoms with Gasteiger partial charge in [0, 0.05) is 12.1 Å². The van der Waals surface area contributed by atoms with Gasteiger partial charge in [0.25, 0.3) is 0 Å². The van der Waals surface area contributed by atoms with Gasteiger partial charge in [0.05, 0.1) is 11.1 Å². The predicted octanol–water partition coefficient (Wildman–Crippen LogP) is 6.68. The average molecular weight is 465 g/mol. The second-order valence-electron chi connectivity index (χ2n) is 8.08. The molecule has 7 heteroatoms. The van der Waals surface area contributed by atoms with Gasteiger partial charge in [-0.05, 0) is 82.6 Å². The summed E-state index contributed by atoms with van der Waals surface area (Å²) in [5, 5.41) is 21.6. The molecule has 2 N–H and O–H groups in total. The second kappa shape index (κ2) is 8.79. The molecule has 0 unspecified atom stereocenters. The smallest absolute Gasteiger partial charge is 0.335 e. The Labute approximate surface area is 199 Å². The van der Waals surface area contributed by atoms with Crippen molar-refractivity contribution in [3.05, 3.63) is 102 Å². The number of carboxylic acid groups (broad SMARTS) is 2. The van der Waals surface area contributed by atoms with E-state index in [1.807, 2.05) is 19.1 Å². The molecule has 0 atom stereocenters. The Morgan fingerprint density at radius 2 is 1.00 bits per heavy atom. The van der Waals surface area contributed by atoms with Crippen LogP contribution >= 0.6 is 0 Å². The number of hydrogen-bond acceptors (Lipinski definition) is 5. The number of hydrogen-bond donors (Lipinski definition) is 2. The van der Waals surface area contributed by atoms with Gasteiger partial charge in [0.2, 0.25) is 11.8 Å². The van der Waals surface area contributed by atoms with Crippen molar-refractivity contribution in [2.45, 2.75) is 6.92 Å². The molecular weight excluding hydrogens is 446 g/mol. The van der Waals surface area contributed by atoms with Crippen molar-refractivity contribution >= 4 is 33.5 Å². The molecule has 0 aliphatic rings. The third-order valence-electron chi connectivity index (χ3n) is 5.48. The van der Waals surface area contributed by atoms with Crippen molar-refractivity contribution in [2.75, 3.05) is 0 Å². The first-order valence-electron chi connectivity index (χ1n) is 10.7. The van der Waals surface area contributed by atoms with E-state index in [4.69, 9.17) is 19.7 Å². The second-order valence-corrected chi connectivity index (χ2v) is 8.08. The number of aromatic carboxylic acids is 2. The lowest BCUT2D eigenvalue weighted by Crippen LogP contribution is -1.96. The van der Waals surface area contributed by atoms with E-state index in [1.54, 1.807) is 72.8 Å². The van der Waals surface area contributed by atoms with Crippen molar-refractivity contribution in [3.8, 4) is 23.3 Å². The van der Waals surface area contributed by atoms with Crippen LogP contribution in [-0.2, 0) is 0 Å². The molecule has 0 spiro atoms. The van der Waals surface area contributed by atoms with E-state index in [1.165, 1.54) is 0 Å².